The number of nitrogens with zero attached hydrogens (tertiary/aromatic N) is 1. The van der Waals surface area contributed by atoms with Crippen molar-refractivity contribution in [2.75, 3.05) is 14.1 Å². The second kappa shape index (κ2) is 7.34. The minimum Gasteiger partial charge on any atom is -0.335 e. The molecule has 0 radical (unpaired) electrons. The fourth-order valence-corrected chi connectivity index (χ4v) is 3.16. The Kier molecular flexibility index (Phi) is 5.64. The van der Waals surface area contributed by atoms with E-state index in [0.29, 0.717) is 10.6 Å². The third-order valence-corrected chi connectivity index (χ3v) is 5.58. The number of benzene rings is 2. The number of hydrogen-bond donors (Lipinski definition) is 1. The van der Waals surface area contributed by atoms with Gasteiger partial charge in [0.05, 0.1) is 10.9 Å². The first kappa shape index (κ1) is 18.4. The molecule has 0 aliphatic rings. The quantitative estimate of drug-likeness (QED) is 0.884. The zero-order valence-corrected chi connectivity index (χ0v) is 15.2. The summed E-state index contributed by atoms with van der Waals surface area (Å²) >= 11 is 5.88. The molecule has 0 spiro atoms. The maximum absolute atomic E-state index is 12.7. The minimum atomic E-state index is -3.59. The van der Waals surface area contributed by atoms with Crippen molar-refractivity contribution in [1.29, 1.82) is 0 Å². The van der Waals surface area contributed by atoms with Crippen LogP contribution in [0.25, 0.3) is 0 Å². The molecular formula is C17H19ClN2O3S. The van der Waals surface area contributed by atoms with Crippen molar-refractivity contribution in [3.05, 3.63) is 64.7 Å². The number of nitrogens with one attached hydrogen (secondary N) is 1. The molecule has 2 rings (SSSR count). The van der Waals surface area contributed by atoms with E-state index >= 15 is 0 Å². The fraction of sp³-hybridized carbons (Fsp3) is 0.235. The van der Waals surface area contributed by atoms with Gasteiger partial charge in [-0.15, -0.1) is 0 Å². The molecule has 24 heavy (non-hydrogen) atoms. The summed E-state index contributed by atoms with van der Waals surface area (Å²) in [6.45, 7) is 1.90. The van der Waals surface area contributed by atoms with Crippen LogP contribution in [0.4, 0.5) is 0 Å². The Balaban J connectivity index is 2.28. The zero-order valence-electron chi connectivity index (χ0n) is 13.7. The molecule has 0 aliphatic carbocycles. The number of sulfonamides is 1. The predicted molar refractivity (Wildman–Crippen MR) is 94.6 cm³/mol. The van der Waals surface area contributed by atoms with Gasteiger partial charge < -0.3 is 4.90 Å². The number of carbonyl (C=O) groups is 1. The minimum absolute atomic E-state index is 0.0587. The molecule has 7 heteroatoms. The molecule has 1 amide bonds. The van der Waals surface area contributed by atoms with Gasteiger partial charge in [0.1, 0.15) is 0 Å². The highest BCUT2D eigenvalue weighted by molar-refractivity contribution is 7.89. The van der Waals surface area contributed by atoms with E-state index in [4.69, 9.17) is 11.6 Å². The van der Waals surface area contributed by atoms with Crippen molar-refractivity contribution in [3.63, 3.8) is 0 Å². The first-order valence-electron chi connectivity index (χ1n) is 7.32. The van der Waals surface area contributed by atoms with E-state index < -0.39 is 10.0 Å². The van der Waals surface area contributed by atoms with Crippen LogP contribution in [0.1, 0.15) is 28.9 Å². The largest absolute Gasteiger partial charge is 0.335 e. The molecule has 0 heterocycles. The van der Waals surface area contributed by atoms with Gasteiger partial charge in [0, 0.05) is 17.6 Å². The van der Waals surface area contributed by atoms with Crippen LogP contribution in [0, 0.1) is 0 Å². The molecule has 0 aliphatic heterocycles. The summed E-state index contributed by atoms with van der Waals surface area (Å²) in [5.41, 5.74) is 1.25. The summed E-state index contributed by atoms with van der Waals surface area (Å²) in [6, 6.07) is 13.1. The summed E-state index contributed by atoms with van der Waals surface area (Å²) in [5, 5.41) is 0.630. The number of rotatable bonds is 5. The van der Waals surface area contributed by atoms with Gasteiger partial charge in [0.15, 0.2) is 0 Å². The molecule has 2 aromatic rings. The molecule has 1 atom stereocenters. The first-order chi connectivity index (χ1) is 11.3. The van der Waals surface area contributed by atoms with E-state index in [0.717, 1.165) is 5.56 Å². The Labute approximate surface area is 147 Å². The van der Waals surface area contributed by atoms with Crippen molar-refractivity contribution < 1.29 is 13.2 Å². The Morgan fingerprint density at radius 1 is 1.17 bits per heavy atom. The van der Waals surface area contributed by atoms with Crippen molar-refractivity contribution in [2.24, 2.45) is 0 Å². The van der Waals surface area contributed by atoms with Crippen molar-refractivity contribution in [2.45, 2.75) is 17.9 Å². The standard InChI is InChI=1S/C17H19ClN2O3S/c1-12(13-7-9-15(18)10-8-13)20(3)17(21)14-5-4-6-16(11-14)24(22,23)19-2/h4-12,19H,1-3H3/t12-/m0/s1. The van der Waals surface area contributed by atoms with E-state index in [9.17, 15) is 13.2 Å². The van der Waals surface area contributed by atoms with Gasteiger partial charge in [-0.05, 0) is 49.9 Å². The smallest absolute Gasteiger partial charge is 0.254 e. The number of hydrogen-bond acceptors (Lipinski definition) is 3. The van der Waals surface area contributed by atoms with Gasteiger partial charge in [0.2, 0.25) is 10.0 Å². The lowest BCUT2D eigenvalue weighted by molar-refractivity contribution is 0.0742. The van der Waals surface area contributed by atoms with Gasteiger partial charge in [-0.25, -0.2) is 13.1 Å². The molecule has 1 N–H and O–H groups in total. The monoisotopic (exact) mass is 366 g/mol. The van der Waals surface area contributed by atoms with Crippen molar-refractivity contribution in [1.82, 2.24) is 9.62 Å². The molecule has 5 nitrogen and oxygen atoms in total. The van der Waals surface area contributed by atoms with Crippen LogP contribution in [0.15, 0.2) is 53.4 Å². The SMILES string of the molecule is CNS(=O)(=O)c1cccc(C(=O)N(C)[C@@H](C)c2ccc(Cl)cc2)c1. The van der Waals surface area contributed by atoms with Gasteiger partial charge in [-0.1, -0.05) is 29.8 Å². The summed E-state index contributed by atoms with van der Waals surface area (Å²) in [5.74, 6) is -0.259. The predicted octanol–water partition coefficient (Wildman–Crippen LogP) is 3.08. The third-order valence-electron chi connectivity index (χ3n) is 3.91. The molecular weight excluding hydrogens is 348 g/mol. The van der Waals surface area contributed by atoms with E-state index in [1.54, 1.807) is 36.2 Å². The van der Waals surface area contributed by atoms with Gasteiger partial charge >= 0.3 is 0 Å². The maximum Gasteiger partial charge on any atom is 0.254 e. The van der Waals surface area contributed by atoms with Crippen molar-refractivity contribution >= 4 is 27.5 Å². The lowest BCUT2D eigenvalue weighted by atomic mass is 10.1. The van der Waals surface area contributed by atoms with Crippen LogP contribution in [-0.4, -0.2) is 33.3 Å². The van der Waals surface area contributed by atoms with Crippen LogP contribution >= 0.6 is 11.6 Å². The van der Waals surface area contributed by atoms with Crippen LogP contribution in [0.5, 0.6) is 0 Å². The molecule has 2 aromatic carbocycles. The molecule has 128 valence electrons. The highest BCUT2D eigenvalue weighted by Gasteiger charge is 2.21. The van der Waals surface area contributed by atoms with Gasteiger partial charge in [-0.2, -0.15) is 0 Å². The van der Waals surface area contributed by atoms with E-state index in [2.05, 4.69) is 4.72 Å². The van der Waals surface area contributed by atoms with Crippen LogP contribution in [-0.2, 0) is 10.0 Å². The normalized spacial score (nSPS) is 12.7. The van der Waals surface area contributed by atoms with E-state index in [1.165, 1.54) is 19.2 Å². The zero-order chi connectivity index (χ0) is 17.9. The maximum atomic E-state index is 12.7. The highest BCUT2D eigenvalue weighted by Crippen LogP contribution is 2.23. The van der Waals surface area contributed by atoms with E-state index in [-0.39, 0.29) is 16.8 Å². The van der Waals surface area contributed by atoms with Crippen LogP contribution in [0.2, 0.25) is 5.02 Å². The average Bonchev–Trinajstić information content (AvgIpc) is 2.60. The summed E-state index contributed by atoms with van der Waals surface area (Å²) in [4.78, 5) is 14.3. The molecule has 0 fully saturated rings. The lowest BCUT2D eigenvalue weighted by Crippen LogP contribution is -2.30. The number of carbonyl (C=O) groups excluding carboxylic acids is 1. The Bertz CT molecular complexity index is 835. The fourth-order valence-electron chi connectivity index (χ4n) is 2.26. The summed E-state index contributed by atoms with van der Waals surface area (Å²) in [7, 11) is -0.579. The average molecular weight is 367 g/mol. The second-order valence-corrected chi connectivity index (χ2v) is 7.70. The Morgan fingerprint density at radius 3 is 2.38 bits per heavy atom. The molecule has 0 aromatic heterocycles. The number of halogens is 1. The first-order valence-corrected chi connectivity index (χ1v) is 9.18. The third kappa shape index (κ3) is 3.95. The summed E-state index contributed by atoms with van der Waals surface area (Å²) < 4.78 is 26.0. The molecule has 0 bridgehead atoms. The van der Waals surface area contributed by atoms with Crippen LogP contribution in [0.3, 0.4) is 0 Å². The lowest BCUT2D eigenvalue weighted by Gasteiger charge is -2.25. The Hall–Kier alpha value is -1.89. The molecule has 0 unspecified atom stereocenters. The molecule has 0 saturated carbocycles. The van der Waals surface area contributed by atoms with Gasteiger partial charge in [-0.3, -0.25) is 4.79 Å². The highest BCUT2D eigenvalue weighted by atomic mass is 35.5. The summed E-state index contributed by atoms with van der Waals surface area (Å²) in [6.07, 6.45) is 0. The van der Waals surface area contributed by atoms with Crippen LogP contribution < -0.4 is 4.72 Å². The Morgan fingerprint density at radius 2 is 1.79 bits per heavy atom. The van der Waals surface area contributed by atoms with E-state index in [1.807, 2.05) is 19.1 Å². The molecule has 0 saturated heterocycles. The number of amides is 1. The van der Waals surface area contributed by atoms with Crippen molar-refractivity contribution in [3.8, 4) is 0 Å². The van der Waals surface area contributed by atoms with Gasteiger partial charge in [0.25, 0.3) is 5.91 Å². The second-order valence-electron chi connectivity index (χ2n) is 5.38. The topological polar surface area (TPSA) is 66.5 Å².